The lowest BCUT2D eigenvalue weighted by Gasteiger charge is -2.35. The molecule has 0 radical (unpaired) electrons. The van der Waals surface area contributed by atoms with Crippen LogP contribution in [0.4, 0.5) is 5.69 Å². The van der Waals surface area contributed by atoms with Gasteiger partial charge in [0, 0.05) is 22.4 Å². The highest BCUT2D eigenvalue weighted by Gasteiger charge is 2.33. The fourth-order valence-electron chi connectivity index (χ4n) is 4.65. The molecule has 0 saturated heterocycles. The van der Waals surface area contributed by atoms with Crippen LogP contribution < -0.4 is 14.8 Å². The summed E-state index contributed by atoms with van der Waals surface area (Å²) < 4.78 is 12.0. The van der Waals surface area contributed by atoms with Gasteiger partial charge in [0.1, 0.15) is 11.5 Å². The quantitative estimate of drug-likeness (QED) is 0.501. The van der Waals surface area contributed by atoms with Crippen LogP contribution in [0.1, 0.15) is 37.5 Å². The van der Waals surface area contributed by atoms with Gasteiger partial charge in [-0.25, -0.2) is 0 Å². The molecule has 4 nitrogen and oxygen atoms in total. The minimum atomic E-state index is -0.141. The maximum absolute atomic E-state index is 10.4. The lowest BCUT2D eigenvalue weighted by Crippen LogP contribution is -2.32. The Morgan fingerprint density at radius 2 is 1.74 bits per heavy atom. The Labute approximate surface area is 182 Å². The second-order valence-electron chi connectivity index (χ2n) is 8.60. The van der Waals surface area contributed by atoms with Crippen molar-refractivity contribution in [3.63, 3.8) is 0 Å². The fraction of sp³-hybridized carbons (Fsp3) is 0.185. The number of phenolic OH excluding ortho intramolecular Hbond substituents is 1. The molecule has 0 atom stereocenters. The summed E-state index contributed by atoms with van der Waals surface area (Å²) in [6.07, 6.45) is 4.30. The minimum Gasteiger partial charge on any atom is -0.504 e. The van der Waals surface area contributed by atoms with E-state index in [1.807, 2.05) is 18.2 Å². The van der Waals surface area contributed by atoms with Crippen molar-refractivity contribution in [3.05, 3.63) is 77.4 Å². The molecule has 3 aromatic carbocycles. The SMILES string of the molecule is COc1c(O)ccc2c1-c1ccc3c(c1C(=Cc1ccccc1)O2)C(C)=CC(C)(C)N3. The van der Waals surface area contributed by atoms with Gasteiger partial charge in [0.15, 0.2) is 11.5 Å². The zero-order chi connectivity index (χ0) is 21.8. The highest BCUT2D eigenvalue weighted by atomic mass is 16.5. The molecule has 0 saturated carbocycles. The van der Waals surface area contributed by atoms with Gasteiger partial charge < -0.3 is 19.9 Å². The van der Waals surface area contributed by atoms with Crippen LogP contribution in [-0.2, 0) is 0 Å². The molecule has 0 bridgehead atoms. The zero-order valence-electron chi connectivity index (χ0n) is 18.1. The Bertz CT molecular complexity index is 1250. The molecule has 5 rings (SSSR count). The number of allylic oxidation sites excluding steroid dienone is 1. The monoisotopic (exact) mass is 411 g/mol. The van der Waals surface area contributed by atoms with E-state index in [0.717, 1.165) is 39.3 Å². The van der Waals surface area contributed by atoms with E-state index < -0.39 is 0 Å². The highest BCUT2D eigenvalue weighted by Crippen LogP contribution is 2.53. The minimum absolute atomic E-state index is 0.0931. The topological polar surface area (TPSA) is 50.7 Å². The van der Waals surface area contributed by atoms with E-state index >= 15 is 0 Å². The molecule has 31 heavy (non-hydrogen) atoms. The molecule has 2 N–H and O–H groups in total. The van der Waals surface area contributed by atoms with Crippen LogP contribution >= 0.6 is 0 Å². The first-order chi connectivity index (χ1) is 14.9. The number of benzene rings is 3. The average molecular weight is 412 g/mol. The number of methoxy groups -OCH3 is 1. The third kappa shape index (κ3) is 3.15. The van der Waals surface area contributed by atoms with Crippen molar-refractivity contribution in [1.29, 1.82) is 0 Å². The standard InChI is InChI=1S/C27H25NO3/c1-16-15-27(2,3)28-19-11-10-18-24(23(16)19)22(14-17-8-6-5-7-9-17)31-21-13-12-20(29)26(30-4)25(18)21/h5-15,28-29H,1-4H3. The Hall–Kier alpha value is -3.66. The van der Waals surface area contributed by atoms with Gasteiger partial charge in [0.25, 0.3) is 0 Å². The van der Waals surface area contributed by atoms with Crippen molar-refractivity contribution in [1.82, 2.24) is 0 Å². The Kier molecular flexibility index (Phi) is 4.33. The summed E-state index contributed by atoms with van der Waals surface area (Å²) in [4.78, 5) is 0. The number of hydrogen-bond acceptors (Lipinski definition) is 4. The van der Waals surface area contributed by atoms with Gasteiger partial charge in [-0.05, 0) is 56.2 Å². The number of ether oxygens (including phenoxy) is 2. The van der Waals surface area contributed by atoms with Crippen LogP contribution in [0.5, 0.6) is 17.2 Å². The van der Waals surface area contributed by atoms with E-state index in [2.05, 4.69) is 62.5 Å². The Balaban J connectivity index is 1.84. The van der Waals surface area contributed by atoms with Crippen molar-refractivity contribution < 1.29 is 14.6 Å². The van der Waals surface area contributed by atoms with E-state index in [1.54, 1.807) is 19.2 Å². The van der Waals surface area contributed by atoms with Gasteiger partial charge >= 0.3 is 0 Å². The van der Waals surface area contributed by atoms with Crippen LogP contribution in [0.2, 0.25) is 0 Å². The van der Waals surface area contributed by atoms with Crippen LogP contribution in [0.25, 0.3) is 28.5 Å². The molecule has 0 unspecified atom stereocenters. The first-order valence-electron chi connectivity index (χ1n) is 10.4. The second-order valence-corrected chi connectivity index (χ2v) is 8.60. The summed E-state index contributed by atoms with van der Waals surface area (Å²) in [6.45, 7) is 6.45. The Morgan fingerprint density at radius 1 is 0.968 bits per heavy atom. The van der Waals surface area contributed by atoms with Gasteiger partial charge in [-0.2, -0.15) is 0 Å². The lowest BCUT2D eigenvalue weighted by molar-refractivity contribution is 0.371. The van der Waals surface area contributed by atoms with Gasteiger partial charge in [-0.1, -0.05) is 42.5 Å². The molecule has 0 aromatic heterocycles. The molecule has 2 aliphatic heterocycles. The number of aromatic hydroxyl groups is 1. The summed E-state index contributed by atoms with van der Waals surface area (Å²) in [7, 11) is 1.57. The number of hydrogen-bond donors (Lipinski definition) is 2. The largest absolute Gasteiger partial charge is 0.504 e. The van der Waals surface area contributed by atoms with Gasteiger partial charge in [0.05, 0.1) is 18.2 Å². The summed E-state index contributed by atoms with van der Waals surface area (Å²) >= 11 is 0. The van der Waals surface area contributed by atoms with Gasteiger partial charge in [-0.3, -0.25) is 0 Å². The average Bonchev–Trinajstić information content (AvgIpc) is 2.73. The molecular formula is C27H25NO3. The second kappa shape index (κ2) is 6.95. The number of anilines is 1. The predicted octanol–water partition coefficient (Wildman–Crippen LogP) is 6.57. The van der Waals surface area contributed by atoms with Crippen molar-refractivity contribution >= 4 is 23.1 Å². The lowest BCUT2D eigenvalue weighted by atomic mass is 9.83. The summed E-state index contributed by atoms with van der Waals surface area (Å²) in [5.41, 5.74) is 7.00. The van der Waals surface area contributed by atoms with Gasteiger partial charge in [0.2, 0.25) is 0 Å². The zero-order valence-corrected chi connectivity index (χ0v) is 18.1. The third-order valence-electron chi connectivity index (χ3n) is 5.77. The molecule has 0 amide bonds. The van der Waals surface area contributed by atoms with Crippen LogP contribution in [0.15, 0.2) is 60.7 Å². The van der Waals surface area contributed by atoms with E-state index in [1.165, 1.54) is 5.57 Å². The summed E-state index contributed by atoms with van der Waals surface area (Å²) in [5.74, 6) is 1.95. The number of rotatable bonds is 2. The molecule has 3 aromatic rings. The van der Waals surface area contributed by atoms with Crippen molar-refractivity contribution in [2.24, 2.45) is 0 Å². The molecule has 2 heterocycles. The molecule has 4 heteroatoms. The summed E-state index contributed by atoms with van der Waals surface area (Å²) in [6, 6.07) is 17.7. The van der Waals surface area contributed by atoms with Crippen molar-refractivity contribution in [2.75, 3.05) is 12.4 Å². The summed E-state index contributed by atoms with van der Waals surface area (Å²) in [5, 5.41) is 14.1. The third-order valence-corrected chi connectivity index (χ3v) is 5.77. The number of nitrogens with one attached hydrogen (secondary N) is 1. The number of phenols is 1. The van der Waals surface area contributed by atoms with E-state index in [9.17, 15) is 5.11 Å². The van der Waals surface area contributed by atoms with Crippen molar-refractivity contribution in [2.45, 2.75) is 26.3 Å². The maximum Gasteiger partial charge on any atom is 0.172 e. The molecule has 0 fully saturated rings. The predicted molar refractivity (Wildman–Crippen MR) is 126 cm³/mol. The van der Waals surface area contributed by atoms with Crippen LogP contribution in [-0.4, -0.2) is 17.8 Å². The Morgan fingerprint density at radius 3 is 2.48 bits per heavy atom. The van der Waals surface area contributed by atoms with E-state index in [0.29, 0.717) is 11.5 Å². The van der Waals surface area contributed by atoms with Crippen LogP contribution in [0.3, 0.4) is 0 Å². The normalized spacial score (nSPS) is 16.9. The fourth-order valence-corrected chi connectivity index (χ4v) is 4.65. The molecule has 2 aliphatic rings. The molecular weight excluding hydrogens is 386 g/mol. The maximum atomic E-state index is 10.4. The van der Waals surface area contributed by atoms with E-state index in [4.69, 9.17) is 9.47 Å². The molecule has 0 aliphatic carbocycles. The van der Waals surface area contributed by atoms with Crippen LogP contribution in [0, 0.1) is 0 Å². The molecule has 156 valence electrons. The highest BCUT2D eigenvalue weighted by molar-refractivity contribution is 6.02. The van der Waals surface area contributed by atoms with Crippen molar-refractivity contribution in [3.8, 4) is 28.4 Å². The first-order valence-corrected chi connectivity index (χ1v) is 10.4. The molecule has 0 spiro atoms. The smallest absolute Gasteiger partial charge is 0.172 e. The van der Waals surface area contributed by atoms with E-state index in [-0.39, 0.29) is 11.3 Å². The van der Waals surface area contributed by atoms with Gasteiger partial charge in [-0.15, -0.1) is 0 Å². The number of fused-ring (bicyclic) bond motifs is 5. The first kappa shape index (κ1) is 19.3.